The predicted octanol–water partition coefficient (Wildman–Crippen LogP) is 2.52. The molecule has 7 nitrogen and oxygen atoms in total. The van der Waals surface area contributed by atoms with Gasteiger partial charge in [-0.3, -0.25) is 19.0 Å². The first-order chi connectivity index (χ1) is 14.5. The van der Waals surface area contributed by atoms with Crippen molar-refractivity contribution in [2.24, 2.45) is 0 Å². The lowest BCUT2D eigenvalue weighted by atomic mass is 9.87. The molecule has 0 fully saturated rings. The van der Waals surface area contributed by atoms with Gasteiger partial charge in [-0.05, 0) is 49.4 Å². The fourth-order valence-corrected chi connectivity index (χ4v) is 3.84. The smallest absolute Gasteiger partial charge is 0.326 e. The Morgan fingerprint density at radius 3 is 2.83 bits per heavy atom. The molecule has 1 aromatic heterocycles. The molecule has 0 aliphatic heterocycles. The predicted molar refractivity (Wildman–Crippen MR) is 112 cm³/mol. The third kappa shape index (κ3) is 4.10. The molecule has 30 heavy (non-hydrogen) atoms. The van der Waals surface area contributed by atoms with Gasteiger partial charge in [0.1, 0.15) is 6.54 Å². The van der Waals surface area contributed by atoms with Crippen LogP contribution in [0.2, 0.25) is 0 Å². The third-order valence-electron chi connectivity index (χ3n) is 5.39. The fourth-order valence-electron chi connectivity index (χ4n) is 3.84. The number of nitrogens with one attached hydrogen (secondary N) is 1. The molecule has 0 radical (unpaired) electrons. The van der Waals surface area contributed by atoms with Crippen LogP contribution in [0.15, 0.2) is 59.7 Å². The zero-order valence-electron chi connectivity index (χ0n) is 16.7. The topological polar surface area (TPSA) is 90.3 Å². The van der Waals surface area contributed by atoms with Crippen LogP contribution >= 0.6 is 0 Å². The fraction of sp³-hybridized carbons (Fsp3) is 0.304. The summed E-state index contributed by atoms with van der Waals surface area (Å²) < 4.78 is 6.46. The maximum absolute atomic E-state index is 12.6. The molecule has 4 rings (SSSR count). The van der Waals surface area contributed by atoms with Crippen molar-refractivity contribution in [1.82, 2.24) is 14.9 Å². The van der Waals surface area contributed by atoms with Crippen molar-refractivity contribution >= 4 is 22.8 Å². The standard InChI is InChI=1S/C23H23N3O4/c1-15(22(28)25-20-12-6-8-16-7-2-3-9-17(16)20)30-21(27)13-26-14-24-19-11-5-4-10-18(19)23(26)29/h2-5,7,9-11,14-15,20H,6,8,12-13H2,1H3,(H,25,28)/t15-,20+/m1/s1. The van der Waals surface area contributed by atoms with Crippen LogP contribution in [0, 0.1) is 0 Å². The maximum atomic E-state index is 12.6. The van der Waals surface area contributed by atoms with Crippen molar-refractivity contribution in [3.8, 4) is 0 Å². The summed E-state index contributed by atoms with van der Waals surface area (Å²) in [4.78, 5) is 41.6. The number of aromatic nitrogens is 2. The summed E-state index contributed by atoms with van der Waals surface area (Å²) in [6.07, 6.45) is 3.20. The van der Waals surface area contributed by atoms with Gasteiger partial charge in [-0.1, -0.05) is 36.4 Å². The highest BCUT2D eigenvalue weighted by Gasteiger charge is 2.25. The minimum absolute atomic E-state index is 0.0871. The highest BCUT2D eigenvalue weighted by Crippen LogP contribution is 2.29. The SMILES string of the molecule is C[C@@H](OC(=O)Cn1cnc2ccccc2c1=O)C(=O)N[C@H]1CCCc2ccccc21. The largest absolute Gasteiger partial charge is 0.451 e. The minimum Gasteiger partial charge on any atom is -0.451 e. The molecule has 3 aromatic rings. The van der Waals surface area contributed by atoms with Crippen LogP contribution in [-0.2, 0) is 27.3 Å². The van der Waals surface area contributed by atoms with E-state index in [2.05, 4.69) is 16.4 Å². The lowest BCUT2D eigenvalue weighted by Gasteiger charge is -2.27. The van der Waals surface area contributed by atoms with Crippen molar-refractivity contribution < 1.29 is 14.3 Å². The van der Waals surface area contributed by atoms with E-state index in [4.69, 9.17) is 4.74 Å². The van der Waals surface area contributed by atoms with Crippen molar-refractivity contribution in [2.45, 2.75) is 44.9 Å². The average molecular weight is 405 g/mol. The van der Waals surface area contributed by atoms with Gasteiger partial charge in [-0.2, -0.15) is 0 Å². The van der Waals surface area contributed by atoms with E-state index in [1.165, 1.54) is 23.4 Å². The number of para-hydroxylation sites is 1. The molecule has 0 saturated carbocycles. The number of nitrogens with zero attached hydrogens (tertiary/aromatic N) is 2. The summed E-state index contributed by atoms with van der Waals surface area (Å²) >= 11 is 0. The van der Waals surface area contributed by atoms with Crippen LogP contribution in [0.1, 0.15) is 36.9 Å². The highest BCUT2D eigenvalue weighted by molar-refractivity contribution is 5.84. The number of carbonyl (C=O) groups excluding carboxylic acids is 2. The van der Waals surface area contributed by atoms with E-state index in [0.29, 0.717) is 10.9 Å². The minimum atomic E-state index is -0.962. The van der Waals surface area contributed by atoms with Crippen molar-refractivity contribution in [3.63, 3.8) is 0 Å². The second-order valence-electron chi connectivity index (χ2n) is 7.48. The highest BCUT2D eigenvalue weighted by atomic mass is 16.5. The number of carbonyl (C=O) groups is 2. The van der Waals surface area contributed by atoms with Crippen LogP contribution < -0.4 is 10.9 Å². The first kappa shape index (κ1) is 19.8. The Morgan fingerprint density at radius 2 is 1.97 bits per heavy atom. The van der Waals surface area contributed by atoms with Crippen molar-refractivity contribution in [1.29, 1.82) is 0 Å². The summed E-state index contributed by atoms with van der Waals surface area (Å²) in [5.74, 6) is -1.02. The first-order valence-corrected chi connectivity index (χ1v) is 10.0. The summed E-state index contributed by atoms with van der Waals surface area (Å²) in [6, 6.07) is 14.9. The number of hydrogen-bond donors (Lipinski definition) is 1. The molecule has 0 unspecified atom stereocenters. The number of aryl methyl sites for hydroxylation is 1. The monoisotopic (exact) mass is 405 g/mol. The Morgan fingerprint density at radius 1 is 1.20 bits per heavy atom. The normalized spacial score (nSPS) is 16.5. The van der Waals surface area contributed by atoms with Crippen molar-refractivity contribution in [2.75, 3.05) is 0 Å². The van der Waals surface area contributed by atoms with Gasteiger partial charge in [0.05, 0.1) is 23.3 Å². The van der Waals surface area contributed by atoms with Gasteiger partial charge in [-0.25, -0.2) is 4.98 Å². The molecule has 0 spiro atoms. The molecular formula is C23H23N3O4. The van der Waals surface area contributed by atoms with Gasteiger partial charge in [0.15, 0.2) is 6.10 Å². The molecule has 154 valence electrons. The molecular weight excluding hydrogens is 382 g/mol. The summed E-state index contributed by atoms with van der Waals surface area (Å²) in [7, 11) is 0. The van der Waals surface area contributed by atoms with Gasteiger partial charge in [0, 0.05) is 0 Å². The Balaban J connectivity index is 1.39. The van der Waals surface area contributed by atoms with E-state index in [-0.39, 0.29) is 24.1 Å². The quantitative estimate of drug-likeness (QED) is 0.659. The van der Waals surface area contributed by atoms with Crippen molar-refractivity contribution in [3.05, 3.63) is 76.3 Å². The Bertz CT molecular complexity index is 1150. The van der Waals surface area contributed by atoms with Gasteiger partial charge in [0.2, 0.25) is 0 Å². The number of benzene rings is 2. The molecule has 1 heterocycles. The lowest BCUT2D eigenvalue weighted by molar-refractivity contribution is -0.155. The summed E-state index contributed by atoms with van der Waals surface area (Å²) in [5, 5.41) is 3.41. The van der Waals surface area contributed by atoms with Gasteiger partial charge >= 0.3 is 5.97 Å². The summed E-state index contributed by atoms with van der Waals surface area (Å²) in [6.45, 7) is 1.23. The van der Waals surface area contributed by atoms with Crippen LogP contribution in [0.3, 0.4) is 0 Å². The first-order valence-electron chi connectivity index (χ1n) is 10.0. The Hall–Kier alpha value is -3.48. The van der Waals surface area contributed by atoms with E-state index in [9.17, 15) is 14.4 Å². The molecule has 1 amide bonds. The van der Waals surface area contributed by atoms with E-state index in [1.54, 1.807) is 24.3 Å². The molecule has 0 bridgehead atoms. The number of ether oxygens (including phenoxy) is 1. The van der Waals surface area contributed by atoms with Gasteiger partial charge < -0.3 is 10.1 Å². The van der Waals surface area contributed by atoms with Gasteiger partial charge in [0.25, 0.3) is 11.5 Å². The number of fused-ring (bicyclic) bond motifs is 2. The molecule has 7 heteroatoms. The molecule has 2 aromatic carbocycles. The number of esters is 1. The molecule has 2 atom stereocenters. The zero-order valence-corrected chi connectivity index (χ0v) is 16.7. The van der Waals surface area contributed by atoms with Crippen LogP contribution in [0.25, 0.3) is 10.9 Å². The van der Waals surface area contributed by atoms with Crippen LogP contribution in [0.5, 0.6) is 0 Å². The second kappa shape index (κ2) is 8.49. The van der Waals surface area contributed by atoms with E-state index in [1.807, 2.05) is 18.2 Å². The van der Waals surface area contributed by atoms with E-state index in [0.717, 1.165) is 24.8 Å². The van der Waals surface area contributed by atoms with Crippen LogP contribution in [0.4, 0.5) is 0 Å². The average Bonchev–Trinajstić information content (AvgIpc) is 2.76. The number of amides is 1. The number of hydrogen-bond acceptors (Lipinski definition) is 5. The number of rotatable bonds is 5. The Labute approximate surface area is 173 Å². The molecule has 0 saturated heterocycles. The molecule has 1 aliphatic carbocycles. The van der Waals surface area contributed by atoms with E-state index < -0.39 is 12.1 Å². The second-order valence-corrected chi connectivity index (χ2v) is 7.48. The maximum Gasteiger partial charge on any atom is 0.326 e. The Kier molecular flexibility index (Phi) is 5.61. The van der Waals surface area contributed by atoms with Gasteiger partial charge in [-0.15, -0.1) is 0 Å². The lowest BCUT2D eigenvalue weighted by Crippen LogP contribution is -2.40. The third-order valence-corrected chi connectivity index (χ3v) is 5.39. The molecule has 1 N–H and O–H groups in total. The zero-order chi connectivity index (χ0) is 21.1. The van der Waals surface area contributed by atoms with Crippen LogP contribution in [-0.4, -0.2) is 27.5 Å². The molecule has 1 aliphatic rings. The summed E-state index contributed by atoms with van der Waals surface area (Å²) in [5.41, 5.74) is 2.59. The van der Waals surface area contributed by atoms with E-state index >= 15 is 0 Å².